The van der Waals surface area contributed by atoms with Crippen molar-refractivity contribution in [2.75, 3.05) is 18.9 Å². The summed E-state index contributed by atoms with van der Waals surface area (Å²) in [7, 11) is -0.745. The van der Waals surface area contributed by atoms with E-state index in [0.29, 0.717) is 11.5 Å². The first-order chi connectivity index (χ1) is 9.47. The number of ether oxygens (including phenoxy) is 2. The Morgan fingerprint density at radius 1 is 1.20 bits per heavy atom. The second-order valence-corrected chi connectivity index (χ2v) is 6.99. The summed E-state index contributed by atoms with van der Waals surface area (Å²) < 4.78 is 37.2. The van der Waals surface area contributed by atoms with Gasteiger partial charge in [0, 0.05) is 6.07 Å². The average molecular weight is 334 g/mol. The van der Waals surface area contributed by atoms with E-state index in [9.17, 15) is 8.42 Å². The Labute approximate surface area is 126 Å². The van der Waals surface area contributed by atoms with Gasteiger partial charge in [-0.15, -0.1) is 11.3 Å². The van der Waals surface area contributed by atoms with Crippen LogP contribution >= 0.6 is 22.9 Å². The quantitative estimate of drug-likeness (QED) is 0.912. The lowest BCUT2D eigenvalue weighted by molar-refractivity contribution is 0.396. The maximum atomic E-state index is 12.2. The van der Waals surface area contributed by atoms with E-state index in [-0.39, 0.29) is 14.9 Å². The van der Waals surface area contributed by atoms with Gasteiger partial charge >= 0.3 is 0 Å². The first-order valence-electron chi connectivity index (χ1n) is 5.46. The van der Waals surface area contributed by atoms with Gasteiger partial charge in [0.05, 0.1) is 24.9 Å². The minimum absolute atomic E-state index is 0.214. The zero-order valence-corrected chi connectivity index (χ0v) is 13.1. The van der Waals surface area contributed by atoms with Crippen molar-refractivity contribution in [1.29, 1.82) is 0 Å². The van der Waals surface area contributed by atoms with Crippen molar-refractivity contribution >= 4 is 38.6 Å². The minimum Gasteiger partial charge on any atom is -0.495 e. The molecule has 0 radical (unpaired) electrons. The number of nitrogens with one attached hydrogen (secondary N) is 1. The second kappa shape index (κ2) is 5.90. The standard InChI is InChI=1S/C12H12ClNO4S2/c1-17-10-7-11(18-2)9(6-8(10)13)14-20(15,16)12-4-3-5-19-12/h3-7,14H,1-2H3. The zero-order chi connectivity index (χ0) is 14.8. The van der Waals surface area contributed by atoms with Gasteiger partial charge in [0.2, 0.25) is 0 Å². The fourth-order valence-electron chi connectivity index (χ4n) is 1.55. The molecule has 0 fully saturated rings. The molecular weight excluding hydrogens is 322 g/mol. The number of methoxy groups -OCH3 is 2. The van der Waals surface area contributed by atoms with E-state index in [4.69, 9.17) is 21.1 Å². The predicted octanol–water partition coefficient (Wildman–Crippen LogP) is 3.22. The lowest BCUT2D eigenvalue weighted by atomic mass is 10.3. The van der Waals surface area contributed by atoms with E-state index in [1.54, 1.807) is 11.4 Å². The van der Waals surface area contributed by atoms with Crippen LogP contribution in [-0.4, -0.2) is 22.6 Å². The maximum Gasteiger partial charge on any atom is 0.271 e. The van der Waals surface area contributed by atoms with E-state index in [1.807, 2.05) is 0 Å². The first-order valence-corrected chi connectivity index (χ1v) is 8.20. The molecule has 2 aromatic rings. The lowest BCUT2D eigenvalue weighted by Crippen LogP contribution is -2.12. The van der Waals surface area contributed by atoms with Crippen molar-refractivity contribution in [1.82, 2.24) is 0 Å². The first kappa shape index (κ1) is 15.0. The van der Waals surface area contributed by atoms with Crippen molar-refractivity contribution in [3.8, 4) is 11.5 Å². The van der Waals surface area contributed by atoms with Crippen LogP contribution in [0, 0.1) is 0 Å². The number of halogens is 1. The molecule has 0 amide bonds. The lowest BCUT2D eigenvalue weighted by Gasteiger charge is -2.13. The van der Waals surface area contributed by atoms with E-state index in [2.05, 4.69) is 4.72 Å². The summed E-state index contributed by atoms with van der Waals surface area (Å²) in [6.07, 6.45) is 0. The van der Waals surface area contributed by atoms with E-state index >= 15 is 0 Å². The summed E-state index contributed by atoms with van der Waals surface area (Å²) in [5, 5.41) is 1.98. The van der Waals surface area contributed by atoms with Gasteiger partial charge in [0.15, 0.2) is 0 Å². The van der Waals surface area contributed by atoms with Crippen molar-refractivity contribution in [2.24, 2.45) is 0 Å². The molecule has 0 aliphatic carbocycles. The number of benzene rings is 1. The highest BCUT2D eigenvalue weighted by Crippen LogP contribution is 2.37. The van der Waals surface area contributed by atoms with E-state index in [0.717, 1.165) is 11.3 Å². The third kappa shape index (κ3) is 3.00. The third-order valence-electron chi connectivity index (χ3n) is 2.48. The van der Waals surface area contributed by atoms with Crippen molar-refractivity contribution in [3.05, 3.63) is 34.7 Å². The summed E-state index contributed by atoms with van der Waals surface area (Å²) in [5.41, 5.74) is 0.256. The van der Waals surface area contributed by atoms with Crippen molar-refractivity contribution in [2.45, 2.75) is 4.21 Å². The molecule has 0 saturated heterocycles. The monoisotopic (exact) mass is 333 g/mol. The number of sulfonamides is 1. The molecule has 0 aliphatic rings. The molecule has 0 bridgehead atoms. The molecule has 1 aromatic heterocycles. The molecule has 20 heavy (non-hydrogen) atoms. The minimum atomic E-state index is -3.65. The summed E-state index contributed by atoms with van der Waals surface area (Å²) in [6.45, 7) is 0. The van der Waals surface area contributed by atoms with Gasteiger partial charge in [0.1, 0.15) is 15.7 Å². The Bertz CT molecular complexity index is 698. The largest absolute Gasteiger partial charge is 0.495 e. The van der Waals surface area contributed by atoms with Crippen molar-refractivity contribution < 1.29 is 17.9 Å². The smallest absolute Gasteiger partial charge is 0.271 e. The summed E-state index contributed by atoms with van der Waals surface area (Å²) in [4.78, 5) is 0. The van der Waals surface area contributed by atoms with Crippen molar-refractivity contribution in [3.63, 3.8) is 0 Å². The Balaban J connectivity index is 2.41. The van der Waals surface area contributed by atoms with Crippen LogP contribution in [0.2, 0.25) is 5.02 Å². The molecular formula is C12H12ClNO4S2. The molecule has 0 atom stereocenters. The molecule has 1 N–H and O–H groups in total. The van der Waals surface area contributed by atoms with Crippen LogP contribution < -0.4 is 14.2 Å². The Morgan fingerprint density at radius 2 is 1.90 bits per heavy atom. The maximum absolute atomic E-state index is 12.2. The molecule has 0 spiro atoms. The SMILES string of the molecule is COc1cc(OC)c(NS(=O)(=O)c2cccs2)cc1Cl. The Morgan fingerprint density at radius 3 is 2.45 bits per heavy atom. The summed E-state index contributed by atoms with van der Waals surface area (Å²) in [6, 6.07) is 6.15. The zero-order valence-electron chi connectivity index (χ0n) is 10.7. The van der Waals surface area contributed by atoms with Crippen LogP contribution in [0.4, 0.5) is 5.69 Å². The summed E-state index contributed by atoms with van der Waals surface area (Å²) >= 11 is 7.12. The number of anilines is 1. The third-order valence-corrected chi connectivity index (χ3v) is 5.54. The molecule has 2 rings (SSSR count). The van der Waals surface area contributed by atoms with Gasteiger partial charge in [-0.05, 0) is 17.5 Å². The van der Waals surface area contributed by atoms with Crippen LogP contribution in [0.15, 0.2) is 33.9 Å². The molecule has 8 heteroatoms. The molecule has 108 valence electrons. The highest BCUT2D eigenvalue weighted by Gasteiger charge is 2.19. The number of hydrogen-bond acceptors (Lipinski definition) is 5. The Kier molecular flexibility index (Phi) is 4.42. The average Bonchev–Trinajstić information content (AvgIpc) is 2.93. The number of hydrogen-bond donors (Lipinski definition) is 1. The molecule has 0 aliphatic heterocycles. The Hall–Kier alpha value is -1.44. The highest BCUT2D eigenvalue weighted by molar-refractivity contribution is 7.94. The van der Waals surface area contributed by atoms with Crippen LogP contribution in [0.5, 0.6) is 11.5 Å². The van der Waals surface area contributed by atoms with Crippen LogP contribution in [-0.2, 0) is 10.0 Å². The van der Waals surface area contributed by atoms with Crippen LogP contribution in [0.3, 0.4) is 0 Å². The highest BCUT2D eigenvalue weighted by atomic mass is 35.5. The van der Waals surface area contributed by atoms with Gasteiger partial charge in [-0.25, -0.2) is 8.42 Å². The molecule has 5 nitrogen and oxygen atoms in total. The van der Waals surface area contributed by atoms with E-state index < -0.39 is 10.0 Å². The van der Waals surface area contributed by atoms with Gasteiger partial charge in [-0.3, -0.25) is 4.72 Å². The molecule has 1 heterocycles. The van der Waals surface area contributed by atoms with Crippen LogP contribution in [0.25, 0.3) is 0 Å². The fourth-order valence-corrected chi connectivity index (χ4v) is 3.85. The van der Waals surface area contributed by atoms with Gasteiger partial charge in [-0.2, -0.15) is 0 Å². The normalized spacial score (nSPS) is 11.2. The van der Waals surface area contributed by atoms with Gasteiger partial charge in [-0.1, -0.05) is 17.7 Å². The second-order valence-electron chi connectivity index (χ2n) is 3.72. The predicted molar refractivity (Wildman–Crippen MR) is 79.7 cm³/mol. The number of rotatable bonds is 5. The number of thiophene rings is 1. The summed E-state index contributed by atoms with van der Waals surface area (Å²) in [5.74, 6) is 0.731. The molecule has 0 unspecified atom stereocenters. The van der Waals surface area contributed by atoms with E-state index in [1.165, 1.54) is 32.4 Å². The van der Waals surface area contributed by atoms with Gasteiger partial charge < -0.3 is 9.47 Å². The molecule has 1 aromatic carbocycles. The molecule has 0 saturated carbocycles. The topological polar surface area (TPSA) is 64.6 Å². The van der Waals surface area contributed by atoms with Crippen LogP contribution in [0.1, 0.15) is 0 Å². The fraction of sp³-hybridized carbons (Fsp3) is 0.167. The van der Waals surface area contributed by atoms with Gasteiger partial charge in [0.25, 0.3) is 10.0 Å².